The molecule has 1 aromatic heterocycles. The number of carbonyl (C=O) groups excluding carboxylic acids is 1. The van der Waals surface area contributed by atoms with Gasteiger partial charge in [0.25, 0.3) is 5.91 Å². The van der Waals surface area contributed by atoms with Crippen LogP contribution in [0, 0.1) is 11.3 Å². The summed E-state index contributed by atoms with van der Waals surface area (Å²) in [5.41, 5.74) is -0.196. The van der Waals surface area contributed by atoms with Gasteiger partial charge in [-0.25, -0.2) is 0 Å². The summed E-state index contributed by atoms with van der Waals surface area (Å²) in [4.78, 5) is 12.1. The molecule has 0 unspecified atom stereocenters. The lowest BCUT2D eigenvalue weighted by atomic mass is 9.64. The lowest BCUT2D eigenvalue weighted by molar-refractivity contribution is 0.0331. The van der Waals surface area contributed by atoms with E-state index in [0.717, 1.165) is 19.3 Å². The van der Waals surface area contributed by atoms with Crippen LogP contribution in [0.1, 0.15) is 50.5 Å². The van der Waals surface area contributed by atoms with Crippen LogP contribution < -0.4 is 5.32 Å². The van der Waals surface area contributed by atoms with Crippen molar-refractivity contribution in [1.82, 2.24) is 10.5 Å². The summed E-state index contributed by atoms with van der Waals surface area (Å²) in [5, 5.41) is 16.4. The maximum Gasteiger partial charge on any atom is 0.273 e. The molecule has 5 heteroatoms. The summed E-state index contributed by atoms with van der Waals surface area (Å²) in [6, 6.07) is 1.53. The summed E-state index contributed by atoms with van der Waals surface area (Å²) < 4.78 is 4.68. The van der Waals surface area contributed by atoms with Crippen molar-refractivity contribution in [2.75, 3.05) is 6.61 Å². The predicted molar refractivity (Wildman–Crippen MR) is 70.6 cm³/mol. The van der Waals surface area contributed by atoms with Crippen LogP contribution in [0.5, 0.6) is 0 Å². The van der Waals surface area contributed by atoms with Crippen LogP contribution in [0.3, 0.4) is 0 Å². The largest absolute Gasteiger partial charge is 0.394 e. The van der Waals surface area contributed by atoms with Gasteiger partial charge < -0.3 is 14.9 Å². The van der Waals surface area contributed by atoms with E-state index < -0.39 is 5.54 Å². The number of amides is 1. The summed E-state index contributed by atoms with van der Waals surface area (Å²) in [5.74, 6) is 0.182. The number of aliphatic hydroxyl groups is 1. The first-order valence-corrected chi connectivity index (χ1v) is 6.70. The number of carbonyl (C=O) groups is 1. The van der Waals surface area contributed by atoms with Gasteiger partial charge in [-0.2, -0.15) is 0 Å². The van der Waals surface area contributed by atoms with E-state index in [1.54, 1.807) is 0 Å². The maximum absolute atomic E-state index is 12.1. The Morgan fingerprint density at radius 1 is 1.58 bits per heavy atom. The van der Waals surface area contributed by atoms with E-state index in [-0.39, 0.29) is 23.6 Å². The molecule has 1 fully saturated rings. The summed E-state index contributed by atoms with van der Waals surface area (Å²) in [7, 11) is 0. The molecule has 2 rings (SSSR count). The smallest absolute Gasteiger partial charge is 0.273 e. The minimum Gasteiger partial charge on any atom is -0.394 e. The van der Waals surface area contributed by atoms with Crippen molar-refractivity contribution >= 4 is 5.91 Å². The molecule has 5 nitrogen and oxygen atoms in total. The molecule has 1 saturated carbocycles. The number of aliphatic hydroxyl groups excluding tert-OH is 1. The molecule has 0 aromatic carbocycles. The molecule has 0 saturated heterocycles. The number of aromatic nitrogens is 1. The first-order valence-electron chi connectivity index (χ1n) is 6.70. The van der Waals surface area contributed by atoms with Gasteiger partial charge in [0, 0.05) is 6.07 Å². The summed E-state index contributed by atoms with van der Waals surface area (Å²) >= 11 is 0. The number of rotatable bonds is 3. The van der Waals surface area contributed by atoms with E-state index in [4.69, 9.17) is 0 Å². The number of hydrogen-bond donors (Lipinski definition) is 2. The molecule has 0 spiro atoms. The van der Waals surface area contributed by atoms with Crippen molar-refractivity contribution < 1.29 is 14.4 Å². The Bertz CT molecular complexity index is 442. The quantitative estimate of drug-likeness (QED) is 0.877. The van der Waals surface area contributed by atoms with Gasteiger partial charge in [0.1, 0.15) is 6.26 Å². The molecule has 1 aliphatic carbocycles. The Kier molecular flexibility index (Phi) is 3.67. The predicted octanol–water partition coefficient (Wildman–Crippen LogP) is 1.98. The third kappa shape index (κ3) is 3.15. The minimum absolute atomic E-state index is 0.0512. The van der Waals surface area contributed by atoms with E-state index in [0.29, 0.717) is 5.92 Å². The second-order valence-electron chi connectivity index (χ2n) is 6.63. The van der Waals surface area contributed by atoms with Crippen molar-refractivity contribution in [2.45, 2.75) is 45.6 Å². The Balaban J connectivity index is 2.16. The number of nitrogens with one attached hydrogen (secondary N) is 1. The van der Waals surface area contributed by atoms with Crippen LogP contribution in [-0.2, 0) is 0 Å². The fraction of sp³-hybridized carbons (Fsp3) is 0.714. The average Bonchev–Trinajstić information content (AvgIpc) is 2.79. The van der Waals surface area contributed by atoms with Crippen LogP contribution in [0.2, 0.25) is 0 Å². The molecule has 19 heavy (non-hydrogen) atoms. The van der Waals surface area contributed by atoms with Crippen molar-refractivity contribution in [2.24, 2.45) is 11.3 Å². The van der Waals surface area contributed by atoms with E-state index in [1.165, 1.54) is 12.3 Å². The number of nitrogens with zero attached hydrogens (tertiary/aromatic N) is 1. The Morgan fingerprint density at radius 2 is 2.32 bits per heavy atom. The van der Waals surface area contributed by atoms with E-state index in [1.807, 2.05) is 0 Å². The Morgan fingerprint density at radius 3 is 2.84 bits per heavy atom. The summed E-state index contributed by atoms with van der Waals surface area (Å²) in [6.45, 7) is 6.46. The van der Waals surface area contributed by atoms with Crippen LogP contribution in [0.4, 0.5) is 0 Å². The fourth-order valence-electron chi connectivity index (χ4n) is 3.63. The van der Waals surface area contributed by atoms with Crippen molar-refractivity contribution in [3.63, 3.8) is 0 Å². The highest BCUT2D eigenvalue weighted by Gasteiger charge is 2.43. The normalized spacial score (nSPS) is 30.0. The van der Waals surface area contributed by atoms with Crippen LogP contribution >= 0.6 is 0 Å². The molecule has 2 N–H and O–H groups in total. The topological polar surface area (TPSA) is 75.4 Å². The molecule has 1 aliphatic rings. The van der Waals surface area contributed by atoms with E-state index in [9.17, 15) is 9.90 Å². The molecule has 0 radical (unpaired) electrons. The molecule has 2 atom stereocenters. The van der Waals surface area contributed by atoms with Crippen molar-refractivity contribution in [1.29, 1.82) is 0 Å². The lowest BCUT2D eigenvalue weighted by Gasteiger charge is -2.47. The summed E-state index contributed by atoms with van der Waals surface area (Å²) in [6.07, 6.45) is 4.03. The zero-order valence-electron chi connectivity index (χ0n) is 11.8. The zero-order chi connectivity index (χ0) is 14.1. The third-order valence-corrected chi connectivity index (χ3v) is 3.81. The Labute approximate surface area is 113 Å². The fourth-order valence-corrected chi connectivity index (χ4v) is 3.63. The van der Waals surface area contributed by atoms with Gasteiger partial charge in [-0.1, -0.05) is 25.9 Å². The second kappa shape index (κ2) is 4.96. The first kappa shape index (κ1) is 14.1. The van der Waals surface area contributed by atoms with Gasteiger partial charge in [0.15, 0.2) is 5.69 Å². The second-order valence-corrected chi connectivity index (χ2v) is 6.63. The monoisotopic (exact) mass is 266 g/mol. The van der Waals surface area contributed by atoms with Crippen molar-refractivity contribution in [3.05, 3.63) is 18.0 Å². The Hall–Kier alpha value is -1.36. The highest BCUT2D eigenvalue weighted by Crippen LogP contribution is 2.43. The average molecular weight is 266 g/mol. The molecular formula is C14H22N2O3. The van der Waals surface area contributed by atoms with Gasteiger partial charge in [0.2, 0.25) is 0 Å². The van der Waals surface area contributed by atoms with Gasteiger partial charge in [-0.3, -0.25) is 4.79 Å². The van der Waals surface area contributed by atoms with E-state index in [2.05, 4.69) is 35.8 Å². The maximum atomic E-state index is 12.1. The molecule has 0 aliphatic heterocycles. The SMILES string of the molecule is C[C@@H]1CC(C)(C)C[C@@](CO)(NC(=O)c2ccon2)C1. The standard InChI is InChI=1S/C14H22N2O3/c1-10-6-13(2,3)8-14(7-10,9-17)15-12(18)11-4-5-19-16-11/h4-5,10,17H,6-9H2,1-3H3,(H,15,18)/t10-,14+/m1/s1. The molecule has 1 heterocycles. The number of hydrogen-bond acceptors (Lipinski definition) is 4. The van der Waals surface area contributed by atoms with Gasteiger partial charge in [-0.15, -0.1) is 0 Å². The highest BCUT2D eigenvalue weighted by molar-refractivity contribution is 5.92. The van der Waals surface area contributed by atoms with Gasteiger partial charge >= 0.3 is 0 Å². The molecular weight excluding hydrogens is 244 g/mol. The first-order chi connectivity index (χ1) is 8.86. The molecule has 106 valence electrons. The van der Waals surface area contributed by atoms with Gasteiger partial charge in [-0.05, 0) is 30.6 Å². The zero-order valence-corrected chi connectivity index (χ0v) is 11.8. The van der Waals surface area contributed by atoms with E-state index >= 15 is 0 Å². The van der Waals surface area contributed by atoms with Crippen LogP contribution in [-0.4, -0.2) is 28.3 Å². The lowest BCUT2D eigenvalue weighted by Crippen LogP contribution is -2.57. The van der Waals surface area contributed by atoms with Crippen LogP contribution in [0.25, 0.3) is 0 Å². The third-order valence-electron chi connectivity index (χ3n) is 3.81. The molecule has 0 bridgehead atoms. The minimum atomic E-state index is -0.558. The highest BCUT2D eigenvalue weighted by atomic mass is 16.5. The van der Waals surface area contributed by atoms with Gasteiger partial charge in [0.05, 0.1) is 12.1 Å². The molecule has 1 amide bonds. The van der Waals surface area contributed by atoms with Crippen molar-refractivity contribution in [3.8, 4) is 0 Å². The molecule has 1 aromatic rings. The van der Waals surface area contributed by atoms with Crippen LogP contribution in [0.15, 0.2) is 16.9 Å².